The minimum Gasteiger partial charge on any atom is -0.348 e. The van der Waals surface area contributed by atoms with Gasteiger partial charge in [0, 0.05) is 11.9 Å². The molecule has 22 heavy (non-hydrogen) atoms. The number of rotatable bonds is 3. The highest BCUT2D eigenvalue weighted by Crippen LogP contribution is 2.20. The summed E-state index contributed by atoms with van der Waals surface area (Å²) in [5.41, 5.74) is 1.96. The quantitative estimate of drug-likeness (QED) is 0.744. The molecule has 0 aliphatic carbocycles. The molecular weight excluding hydrogens is 303 g/mol. The maximum atomic E-state index is 12.9. The summed E-state index contributed by atoms with van der Waals surface area (Å²) in [6, 6.07) is 14.8. The number of amides is 1. The molecule has 3 nitrogen and oxygen atoms in total. The van der Waals surface area contributed by atoms with Crippen LogP contribution in [0.3, 0.4) is 0 Å². The van der Waals surface area contributed by atoms with Gasteiger partial charge in [-0.15, -0.1) is 0 Å². The zero-order chi connectivity index (χ0) is 15.5. The number of nitrogens with one attached hydrogen (secondary N) is 1. The number of halogens is 2. The topological polar surface area (TPSA) is 42.0 Å². The Morgan fingerprint density at radius 1 is 1.14 bits per heavy atom. The summed E-state index contributed by atoms with van der Waals surface area (Å²) in [5.74, 6) is -0.549. The molecule has 1 amide bonds. The monoisotopic (exact) mass is 314 g/mol. The summed E-state index contributed by atoms with van der Waals surface area (Å²) >= 11 is 5.97. The van der Waals surface area contributed by atoms with Gasteiger partial charge in [0.2, 0.25) is 0 Å². The van der Waals surface area contributed by atoms with E-state index in [4.69, 9.17) is 11.6 Å². The normalized spacial score (nSPS) is 10.6. The van der Waals surface area contributed by atoms with E-state index >= 15 is 0 Å². The third kappa shape index (κ3) is 3.07. The van der Waals surface area contributed by atoms with Crippen molar-refractivity contribution in [1.82, 2.24) is 10.3 Å². The third-order valence-electron chi connectivity index (χ3n) is 3.30. The summed E-state index contributed by atoms with van der Waals surface area (Å²) in [6.45, 7) is 0.313. The Hall–Kier alpha value is -2.46. The molecule has 0 saturated heterocycles. The van der Waals surface area contributed by atoms with Gasteiger partial charge in [0.25, 0.3) is 5.91 Å². The minimum absolute atomic E-state index is 0.246. The van der Waals surface area contributed by atoms with Gasteiger partial charge in [0.1, 0.15) is 11.0 Å². The van der Waals surface area contributed by atoms with Gasteiger partial charge in [-0.2, -0.15) is 0 Å². The zero-order valence-electron chi connectivity index (χ0n) is 11.5. The van der Waals surface area contributed by atoms with Gasteiger partial charge in [-0.05, 0) is 29.8 Å². The first-order valence-electron chi connectivity index (χ1n) is 6.71. The SMILES string of the molecule is O=C(NCc1ccc(F)cc1)c1cc(Cl)nc2ccccc12. The summed E-state index contributed by atoms with van der Waals surface area (Å²) in [7, 11) is 0. The van der Waals surface area contributed by atoms with Gasteiger partial charge in [0.05, 0.1) is 11.1 Å². The number of nitrogens with zero attached hydrogens (tertiary/aromatic N) is 1. The molecule has 0 saturated carbocycles. The molecule has 1 heterocycles. The molecular formula is C17H12ClFN2O. The summed E-state index contributed by atoms with van der Waals surface area (Å²) in [5, 5.41) is 3.81. The Kier molecular flexibility index (Phi) is 4.02. The number of pyridine rings is 1. The number of hydrogen-bond acceptors (Lipinski definition) is 2. The van der Waals surface area contributed by atoms with Crippen LogP contribution in [0.2, 0.25) is 5.15 Å². The lowest BCUT2D eigenvalue weighted by Gasteiger charge is -2.08. The Bertz CT molecular complexity index is 834. The second-order valence-electron chi connectivity index (χ2n) is 4.82. The van der Waals surface area contributed by atoms with Crippen LogP contribution in [-0.4, -0.2) is 10.9 Å². The molecule has 1 aromatic heterocycles. The number of para-hydroxylation sites is 1. The Labute approximate surface area is 131 Å². The van der Waals surface area contributed by atoms with Gasteiger partial charge >= 0.3 is 0 Å². The van der Waals surface area contributed by atoms with E-state index in [-0.39, 0.29) is 16.9 Å². The van der Waals surface area contributed by atoms with E-state index in [1.807, 2.05) is 18.2 Å². The Morgan fingerprint density at radius 3 is 2.64 bits per heavy atom. The third-order valence-corrected chi connectivity index (χ3v) is 3.49. The van der Waals surface area contributed by atoms with E-state index < -0.39 is 0 Å². The molecule has 0 aliphatic heterocycles. The molecule has 2 aromatic carbocycles. The maximum absolute atomic E-state index is 12.9. The minimum atomic E-state index is -0.304. The fourth-order valence-corrected chi connectivity index (χ4v) is 2.41. The van der Waals surface area contributed by atoms with Crippen LogP contribution in [0.4, 0.5) is 4.39 Å². The molecule has 0 spiro atoms. The Balaban J connectivity index is 1.84. The average Bonchev–Trinajstić information content (AvgIpc) is 2.53. The van der Waals surface area contributed by atoms with Gasteiger partial charge in [-0.3, -0.25) is 4.79 Å². The van der Waals surface area contributed by atoms with Crippen molar-refractivity contribution in [3.05, 3.63) is 76.7 Å². The number of fused-ring (bicyclic) bond motifs is 1. The lowest BCUT2D eigenvalue weighted by molar-refractivity contribution is 0.0952. The van der Waals surface area contributed by atoms with Crippen LogP contribution in [-0.2, 0) is 6.54 Å². The maximum Gasteiger partial charge on any atom is 0.252 e. The predicted octanol–water partition coefficient (Wildman–Crippen LogP) is 3.96. The molecule has 3 aromatic rings. The molecule has 5 heteroatoms. The van der Waals surface area contributed by atoms with Crippen molar-refractivity contribution in [1.29, 1.82) is 0 Å². The van der Waals surface area contributed by atoms with Crippen LogP contribution in [0.1, 0.15) is 15.9 Å². The lowest BCUT2D eigenvalue weighted by atomic mass is 10.1. The number of carbonyl (C=O) groups excluding carboxylic acids is 1. The highest BCUT2D eigenvalue weighted by molar-refractivity contribution is 6.30. The number of carbonyl (C=O) groups is 1. The molecule has 0 aliphatic rings. The Morgan fingerprint density at radius 2 is 1.86 bits per heavy atom. The van der Waals surface area contributed by atoms with Crippen molar-refractivity contribution >= 4 is 28.4 Å². The fraction of sp³-hybridized carbons (Fsp3) is 0.0588. The zero-order valence-corrected chi connectivity index (χ0v) is 12.3. The molecule has 1 N–H and O–H groups in total. The molecule has 0 fully saturated rings. The molecule has 0 atom stereocenters. The number of aromatic nitrogens is 1. The average molecular weight is 315 g/mol. The smallest absolute Gasteiger partial charge is 0.252 e. The van der Waals surface area contributed by atoms with Gasteiger partial charge < -0.3 is 5.32 Å². The summed E-state index contributed by atoms with van der Waals surface area (Å²) in [6.07, 6.45) is 0. The van der Waals surface area contributed by atoms with Crippen LogP contribution >= 0.6 is 11.6 Å². The van der Waals surface area contributed by atoms with Crippen molar-refractivity contribution in [2.24, 2.45) is 0 Å². The molecule has 0 radical (unpaired) electrons. The summed E-state index contributed by atoms with van der Waals surface area (Å²) in [4.78, 5) is 16.6. The first-order chi connectivity index (χ1) is 10.6. The van der Waals surface area contributed by atoms with E-state index in [1.165, 1.54) is 12.1 Å². The van der Waals surface area contributed by atoms with Crippen molar-refractivity contribution in [3.8, 4) is 0 Å². The van der Waals surface area contributed by atoms with Crippen LogP contribution in [0.15, 0.2) is 54.6 Å². The molecule has 3 rings (SSSR count). The van der Waals surface area contributed by atoms with Crippen LogP contribution in [0, 0.1) is 5.82 Å². The molecule has 110 valence electrons. The van der Waals surface area contributed by atoms with Crippen LogP contribution in [0.5, 0.6) is 0 Å². The number of hydrogen-bond donors (Lipinski definition) is 1. The second-order valence-corrected chi connectivity index (χ2v) is 5.21. The van der Waals surface area contributed by atoms with Crippen molar-refractivity contribution in [2.45, 2.75) is 6.54 Å². The standard InChI is InChI=1S/C17H12ClFN2O/c18-16-9-14(13-3-1-2-4-15(13)21-16)17(22)20-10-11-5-7-12(19)8-6-11/h1-9H,10H2,(H,20,22). The van der Waals surface area contributed by atoms with Gasteiger partial charge in [0.15, 0.2) is 0 Å². The first-order valence-corrected chi connectivity index (χ1v) is 7.09. The largest absolute Gasteiger partial charge is 0.348 e. The number of benzene rings is 2. The lowest BCUT2D eigenvalue weighted by Crippen LogP contribution is -2.23. The molecule has 0 unspecified atom stereocenters. The first kappa shape index (κ1) is 14.5. The van der Waals surface area contributed by atoms with Crippen molar-refractivity contribution in [2.75, 3.05) is 0 Å². The van der Waals surface area contributed by atoms with Crippen LogP contribution < -0.4 is 5.32 Å². The van der Waals surface area contributed by atoms with Crippen LogP contribution in [0.25, 0.3) is 10.9 Å². The van der Waals surface area contributed by atoms with E-state index in [0.29, 0.717) is 17.6 Å². The van der Waals surface area contributed by atoms with E-state index in [9.17, 15) is 9.18 Å². The van der Waals surface area contributed by atoms with E-state index in [2.05, 4.69) is 10.3 Å². The fourth-order valence-electron chi connectivity index (χ4n) is 2.21. The van der Waals surface area contributed by atoms with E-state index in [0.717, 1.165) is 10.9 Å². The van der Waals surface area contributed by atoms with Crippen molar-refractivity contribution in [3.63, 3.8) is 0 Å². The van der Waals surface area contributed by atoms with E-state index in [1.54, 1.807) is 24.3 Å². The molecule has 0 bridgehead atoms. The van der Waals surface area contributed by atoms with Gasteiger partial charge in [-0.25, -0.2) is 9.37 Å². The summed E-state index contributed by atoms with van der Waals surface area (Å²) < 4.78 is 12.9. The highest BCUT2D eigenvalue weighted by Gasteiger charge is 2.12. The van der Waals surface area contributed by atoms with Crippen molar-refractivity contribution < 1.29 is 9.18 Å². The predicted molar refractivity (Wildman–Crippen MR) is 84.3 cm³/mol. The second kappa shape index (κ2) is 6.12. The van der Waals surface area contributed by atoms with Gasteiger partial charge in [-0.1, -0.05) is 41.9 Å². The highest BCUT2D eigenvalue weighted by atomic mass is 35.5.